The highest BCUT2D eigenvalue weighted by Crippen LogP contribution is 2.30. The van der Waals surface area contributed by atoms with Gasteiger partial charge in [-0.2, -0.15) is 9.78 Å². The van der Waals surface area contributed by atoms with Crippen LogP contribution in [0, 0.1) is 0 Å². The summed E-state index contributed by atoms with van der Waals surface area (Å²) in [6, 6.07) is 4.95. The van der Waals surface area contributed by atoms with Gasteiger partial charge in [0.25, 0.3) is 0 Å². The van der Waals surface area contributed by atoms with Gasteiger partial charge < -0.3 is 15.2 Å². The molecule has 0 bridgehead atoms. The molecule has 0 aromatic heterocycles. The Balaban J connectivity index is 2.91. The molecule has 6 heteroatoms. The Kier molecular flexibility index (Phi) is 3.99. The molecule has 1 aromatic carbocycles. The van der Waals surface area contributed by atoms with Crippen LogP contribution >= 0.6 is 0 Å². The molecule has 0 amide bonds. The summed E-state index contributed by atoms with van der Waals surface area (Å²) < 4.78 is 0. The van der Waals surface area contributed by atoms with Crippen LogP contribution in [-0.4, -0.2) is 14.2 Å². The lowest BCUT2D eigenvalue weighted by Gasteiger charge is -2.08. The molecule has 6 nitrogen and oxygen atoms in total. The number of nitrogen functional groups attached to an aromatic ring is 1. The van der Waals surface area contributed by atoms with Crippen molar-refractivity contribution in [3.63, 3.8) is 0 Å². The monoisotopic (exact) mass is 200 g/mol. The molecule has 0 unspecified atom stereocenters. The Hall–Kier alpha value is -1.50. The number of hydrogen-bond acceptors (Lipinski definition) is 6. The van der Waals surface area contributed by atoms with Crippen LogP contribution in [0.25, 0.3) is 0 Å². The number of rotatable bonds is 5. The maximum absolute atomic E-state index is 5.22. The summed E-state index contributed by atoms with van der Waals surface area (Å²) in [5.74, 6) is 5.98. The van der Waals surface area contributed by atoms with Gasteiger partial charge in [-0.05, 0) is 12.1 Å². The zero-order valence-corrected chi connectivity index (χ0v) is 7.94. The summed E-state index contributed by atoms with van der Waals surface area (Å²) in [4.78, 5) is 18.7. The van der Waals surface area contributed by atoms with Crippen molar-refractivity contribution < 1.29 is 19.6 Å². The van der Waals surface area contributed by atoms with E-state index in [1.807, 2.05) is 0 Å². The molecule has 1 aromatic rings. The highest BCUT2D eigenvalue weighted by Gasteiger charge is 2.07. The quantitative estimate of drug-likeness (QED) is 0.417. The van der Waals surface area contributed by atoms with E-state index in [0.717, 1.165) is 0 Å². The number of hydrogen-bond donors (Lipinski definition) is 2. The van der Waals surface area contributed by atoms with Crippen LogP contribution in [0.2, 0.25) is 0 Å². The van der Waals surface area contributed by atoms with Crippen LogP contribution in [-0.2, 0) is 9.78 Å². The van der Waals surface area contributed by atoms with Crippen molar-refractivity contribution in [3.8, 4) is 11.5 Å². The van der Waals surface area contributed by atoms with Crippen molar-refractivity contribution in [2.75, 3.05) is 19.6 Å². The third-order valence-electron chi connectivity index (χ3n) is 1.46. The molecule has 0 fully saturated rings. The van der Waals surface area contributed by atoms with Gasteiger partial charge in [0.15, 0.2) is 0 Å². The summed E-state index contributed by atoms with van der Waals surface area (Å²) in [7, 11) is 2.78. The summed E-state index contributed by atoms with van der Waals surface area (Å²) in [6.07, 6.45) is 0. The van der Waals surface area contributed by atoms with Gasteiger partial charge in [-0.25, -0.2) is 0 Å². The van der Waals surface area contributed by atoms with Crippen molar-refractivity contribution in [1.82, 2.24) is 0 Å². The molecule has 3 N–H and O–H groups in total. The van der Waals surface area contributed by atoms with E-state index in [4.69, 9.17) is 15.6 Å². The minimum absolute atomic E-state index is 0.366. The van der Waals surface area contributed by atoms with Crippen LogP contribution in [0.1, 0.15) is 0 Å². The van der Waals surface area contributed by atoms with E-state index in [2.05, 4.69) is 15.2 Å². The summed E-state index contributed by atoms with van der Waals surface area (Å²) >= 11 is 0. The first kappa shape index (κ1) is 10.6. The third kappa shape index (κ3) is 2.49. The lowest BCUT2D eigenvalue weighted by atomic mass is 10.3. The largest absolute Gasteiger partial charge is 0.334 e. The summed E-state index contributed by atoms with van der Waals surface area (Å²) in [6.45, 7) is 0. The highest BCUT2D eigenvalue weighted by atomic mass is 17.2. The van der Waals surface area contributed by atoms with Crippen LogP contribution in [0.5, 0.6) is 11.5 Å². The Labute approximate surface area is 81.3 Å². The van der Waals surface area contributed by atoms with Crippen molar-refractivity contribution >= 4 is 5.69 Å². The smallest absolute Gasteiger partial charge is 0.213 e. The Morgan fingerprint density at radius 2 is 1.71 bits per heavy atom. The lowest BCUT2D eigenvalue weighted by molar-refractivity contribution is -0.201. The third-order valence-corrected chi connectivity index (χ3v) is 1.46. The first-order chi connectivity index (χ1) is 6.81. The molecule has 78 valence electrons. The van der Waals surface area contributed by atoms with Crippen molar-refractivity contribution in [1.29, 1.82) is 0 Å². The normalized spacial score (nSPS) is 9.64. The van der Waals surface area contributed by atoms with E-state index < -0.39 is 0 Å². The minimum Gasteiger partial charge on any atom is -0.334 e. The standard InChI is InChI=1S/C8H12N2O4/c1-11-13-7-4-3-6(10-9)5-8(7)14-12-2/h3-5,10H,9H2,1-2H3. The maximum Gasteiger partial charge on any atom is 0.213 e. The second-order valence-corrected chi connectivity index (χ2v) is 2.31. The molecule has 0 radical (unpaired) electrons. The summed E-state index contributed by atoms with van der Waals surface area (Å²) in [5.41, 5.74) is 3.13. The van der Waals surface area contributed by atoms with Gasteiger partial charge >= 0.3 is 0 Å². The number of nitrogens with two attached hydrogens (primary N) is 1. The van der Waals surface area contributed by atoms with Crippen LogP contribution < -0.4 is 21.0 Å². The molecule has 0 saturated heterocycles. The highest BCUT2D eigenvalue weighted by molar-refractivity contribution is 5.53. The van der Waals surface area contributed by atoms with Crippen molar-refractivity contribution in [2.24, 2.45) is 5.84 Å². The fourth-order valence-electron chi connectivity index (χ4n) is 0.911. The first-order valence-corrected chi connectivity index (χ1v) is 3.83. The van der Waals surface area contributed by atoms with Crippen LogP contribution in [0.3, 0.4) is 0 Å². The SMILES string of the molecule is COOc1ccc(NN)cc1OOC. The molecule has 1 rings (SSSR count). The van der Waals surface area contributed by atoms with E-state index in [0.29, 0.717) is 17.2 Å². The average molecular weight is 200 g/mol. The van der Waals surface area contributed by atoms with E-state index in [1.54, 1.807) is 18.2 Å². The Bertz CT molecular complexity index is 293. The number of nitrogens with one attached hydrogen (secondary N) is 1. The van der Waals surface area contributed by atoms with E-state index in [9.17, 15) is 0 Å². The second kappa shape index (κ2) is 5.28. The van der Waals surface area contributed by atoms with E-state index >= 15 is 0 Å². The van der Waals surface area contributed by atoms with Crippen molar-refractivity contribution in [3.05, 3.63) is 18.2 Å². The van der Waals surface area contributed by atoms with E-state index in [-0.39, 0.29) is 0 Å². The molecular weight excluding hydrogens is 188 g/mol. The topological polar surface area (TPSA) is 75.0 Å². The zero-order valence-electron chi connectivity index (χ0n) is 7.94. The molecule has 0 atom stereocenters. The van der Waals surface area contributed by atoms with Gasteiger partial charge in [0, 0.05) is 6.07 Å². The second-order valence-electron chi connectivity index (χ2n) is 2.31. The predicted molar refractivity (Wildman–Crippen MR) is 49.5 cm³/mol. The fraction of sp³-hybridized carbons (Fsp3) is 0.250. The van der Waals surface area contributed by atoms with Gasteiger partial charge in [0.05, 0.1) is 19.9 Å². The van der Waals surface area contributed by atoms with Crippen LogP contribution in [0.4, 0.5) is 5.69 Å². The minimum atomic E-state index is 0.366. The average Bonchev–Trinajstić information content (AvgIpc) is 2.21. The molecule has 0 aliphatic rings. The predicted octanol–water partition coefficient (Wildman–Crippen LogP) is 0.853. The van der Waals surface area contributed by atoms with E-state index in [1.165, 1.54) is 14.2 Å². The summed E-state index contributed by atoms with van der Waals surface area (Å²) in [5, 5.41) is 0. The molecule has 0 aliphatic carbocycles. The molecule has 0 saturated carbocycles. The number of hydrazine groups is 1. The van der Waals surface area contributed by atoms with Crippen molar-refractivity contribution in [2.45, 2.75) is 0 Å². The number of benzene rings is 1. The van der Waals surface area contributed by atoms with Gasteiger partial charge in [-0.15, -0.1) is 0 Å². The molecular formula is C8H12N2O4. The lowest BCUT2D eigenvalue weighted by Crippen LogP contribution is -2.07. The van der Waals surface area contributed by atoms with Gasteiger partial charge in [0.2, 0.25) is 11.5 Å². The maximum atomic E-state index is 5.22. The fourth-order valence-corrected chi connectivity index (χ4v) is 0.911. The van der Waals surface area contributed by atoms with Crippen LogP contribution in [0.15, 0.2) is 18.2 Å². The molecule has 0 aliphatic heterocycles. The molecule has 0 heterocycles. The molecule has 14 heavy (non-hydrogen) atoms. The van der Waals surface area contributed by atoms with Gasteiger partial charge in [-0.1, -0.05) is 0 Å². The van der Waals surface area contributed by atoms with Gasteiger partial charge in [0.1, 0.15) is 0 Å². The molecule has 0 spiro atoms. The first-order valence-electron chi connectivity index (χ1n) is 3.83. The zero-order chi connectivity index (χ0) is 10.4. The number of anilines is 1. The Morgan fingerprint density at radius 1 is 1.07 bits per heavy atom. The Morgan fingerprint density at radius 3 is 2.29 bits per heavy atom. The van der Waals surface area contributed by atoms with Gasteiger partial charge in [-0.3, -0.25) is 5.84 Å².